The minimum absolute atomic E-state index is 0.0990. The van der Waals surface area contributed by atoms with Gasteiger partial charge in [-0.15, -0.1) is 6.42 Å². The maximum Gasteiger partial charge on any atom is 0.311 e. The van der Waals surface area contributed by atoms with Crippen LogP contribution in [0.2, 0.25) is 0 Å². The van der Waals surface area contributed by atoms with Gasteiger partial charge in [0.2, 0.25) is 0 Å². The van der Waals surface area contributed by atoms with Gasteiger partial charge in [-0.25, -0.2) is 0 Å². The lowest BCUT2D eigenvalue weighted by Crippen LogP contribution is -2.10. The minimum atomic E-state index is -0.337. The van der Waals surface area contributed by atoms with Gasteiger partial charge in [0.1, 0.15) is 6.61 Å². The van der Waals surface area contributed by atoms with E-state index in [4.69, 9.17) is 21.6 Å². The Morgan fingerprint density at radius 1 is 1.53 bits per heavy atom. The van der Waals surface area contributed by atoms with Crippen LogP contribution in [0.4, 0.5) is 5.69 Å². The maximum absolute atomic E-state index is 11.4. The van der Waals surface area contributed by atoms with Gasteiger partial charge >= 0.3 is 5.97 Å². The molecular formula is C13H15NO3. The number of ether oxygens (including phenoxy) is 2. The molecule has 1 aromatic rings. The molecule has 0 heterocycles. The molecule has 0 aliphatic carbocycles. The standard InChI is InChI=1S/C13H15NO3/c1-3-6-12(15)17-13-10(14)7-5-8-11(13)16-9-4-2/h2,5,7-8H,3,6,9,14H2,1H3. The van der Waals surface area contributed by atoms with Gasteiger partial charge in [-0.1, -0.05) is 18.9 Å². The van der Waals surface area contributed by atoms with Gasteiger partial charge in [0.25, 0.3) is 0 Å². The molecule has 4 heteroatoms. The van der Waals surface area contributed by atoms with Gasteiger partial charge < -0.3 is 15.2 Å². The lowest BCUT2D eigenvalue weighted by molar-refractivity contribution is -0.134. The highest BCUT2D eigenvalue weighted by molar-refractivity contribution is 5.76. The summed E-state index contributed by atoms with van der Waals surface area (Å²) in [5, 5.41) is 0. The number of nitrogen functional groups attached to an aromatic ring is 1. The number of benzene rings is 1. The van der Waals surface area contributed by atoms with Crippen LogP contribution in [0, 0.1) is 12.3 Å². The van der Waals surface area contributed by atoms with Gasteiger partial charge in [0, 0.05) is 6.42 Å². The SMILES string of the molecule is C#CCOc1cccc(N)c1OC(=O)CCC. The lowest BCUT2D eigenvalue weighted by Gasteiger charge is -2.11. The average Bonchev–Trinajstić information content (AvgIpc) is 2.30. The van der Waals surface area contributed by atoms with Crippen LogP contribution in [-0.4, -0.2) is 12.6 Å². The number of nitrogens with two attached hydrogens (primary N) is 1. The van der Waals surface area contributed by atoms with Gasteiger partial charge in [-0.2, -0.15) is 0 Å². The molecule has 0 fully saturated rings. The first-order chi connectivity index (χ1) is 8.19. The zero-order valence-electron chi connectivity index (χ0n) is 9.73. The van der Waals surface area contributed by atoms with Crippen LogP contribution >= 0.6 is 0 Å². The molecule has 0 bridgehead atoms. The largest absolute Gasteiger partial charge is 0.477 e. The Bertz CT molecular complexity index is 435. The van der Waals surface area contributed by atoms with Crippen molar-refractivity contribution < 1.29 is 14.3 Å². The molecule has 2 N–H and O–H groups in total. The molecule has 0 aliphatic heterocycles. The smallest absolute Gasteiger partial charge is 0.311 e. The Balaban J connectivity index is 2.87. The van der Waals surface area contributed by atoms with Crippen LogP contribution in [0.1, 0.15) is 19.8 Å². The quantitative estimate of drug-likeness (QED) is 0.365. The molecular weight excluding hydrogens is 218 g/mol. The van der Waals surface area contributed by atoms with E-state index in [-0.39, 0.29) is 18.3 Å². The van der Waals surface area contributed by atoms with Crippen molar-refractivity contribution in [1.82, 2.24) is 0 Å². The van der Waals surface area contributed by atoms with E-state index in [0.717, 1.165) is 0 Å². The predicted octanol–water partition coefficient (Wildman–Crippen LogP) is 1.99. The van der Waals surface area contributed by atoms with Crippen LogP contribution in [0.3, 0.4) is 0 Å². The number of para-hydroxylation sites is 1. The summed E-state index contributed by atoms with van der Waals surface area (Å²) >= 11 is 0. The van der Waals surface area contributed by atoms with Crippen molar-refractivity contribution in [3.8, 4) is 23.8 Å². The van der Waals surface area contributed by atoms with Crippen molar-refractivity contribution in [1.29, 1.82) is 0 Å². The number of carbonyl (C=O) groups excluding carboxylic acids is 1. The van der Waals surface area contributed by atoms with Crippen molar-refractivity contribution >= 4 is 11.7 Å². The Hall–Kier alpha value is -2.15. The maximum atomic E-state index is 11.4. The van der Waals surface area contributed by atoms with Crippen LogP contribution in [0.25, 0.3) is 0 Å². The highest BCUT2D eigenvalue weighted by Gasteiger charge is 2.12. The average molecular weight is 233 g/mol. The number of carbonyl (C=O) groups is 1. The molecule has 0 radical (unpaired) electrons. The third kappa shape index (κ3) is 3.72. The van der Waals surface area contributed by atoms with E-state index in [1.165, 1.54) is 0 Å². The van der Waals surface area contributed by atoms with E-state index in [2.05, 4.69) is 5.92 Å². The van der Waals surface area contributed by atoms with Crippen molar-refractivity contribution in [2.24, 2.45) is 0 Å². The molecule has 1 aromatic carbocycles. The molecule has 0 atom stereocenters. The van der Waals surface area contributed by atoms with Gasteiger partial charge in [0.15, 0.2) is 11.5 Å². The molecule has 0 aromatic heterocycles. The molecule has 0 aliphatic rings. The normalized spacial score (nSPS) is 9.41. The van der Waals surface area contributed by atoms with Gasteiger partial charge in [0.05, 0.1) is 5.69 Å². The highest BCUT2D eigenvalue weighted by Crippen LogP contribution is 2.33. The Labute approximate surface area is 101 Å². The van der Waals surface area contributed by atoms with E-state index >= 15 is 0 Å². The molecule has 0 amide bonds. The molecule has 0 saturated carbocycles. The summed E-state index contributed by atoms with van der Waals surface area (Å²) in [4.78, 5) is 11.4. The Morgan fingerprint density at radius 3 is 2.94 bits per heavy atom. The summed E-state index contributed by atoms with van der Waals surface area (Å²) in [5.41, 5.74) is 6.08. The van der Waals surface area contributed by atoms with Crippen LogP contribution in [-0.2, 0) is 4.79 Å². The number of hydrogen-bond donors (Lipinski definition) is 1. The summed E-state index contributed by atoms with van der Waals surface area (Å²) in [6.07, 6.45) is 6.15. The van der Waals surface area contributed by atoms with Crippen LogP contribution in [0.15, 0.2) is 18.2 Å². The van der Waals surface area contributed by atoms with E-state index in [1.54, 1.807) is 18.2 Å². The predicted molar refractivity (Wildman–Crippen MR) is 65.7 cm³/mol. The fourth-order valence-electron chi connectivity index (χ4n) is 1.24. The Kier molecular flexibility index (Phi) is 4.89. The second-order valence-electron chi connectivity index (χ2n) is 3.39. The van der Waals surface area contributed by atoms with Crippen LogP contribution < -0.4 is 15.2 Å². The number of esters is 1. The fourth-order valence-corrected chi connectivity index (χ4v) is 1.24. The molecule has 90 valence electrons. The zero-order valence-corrected chi connectivity index (χ0v) is 9.73. The molecule has 0 spiro atoms. The van der Waals surface area contributed by atoms with E-state index in [9.17, 15) is 4.79 Å². The lowest BCUT2D eigenvalue weighted by atomic mass is 10.2. The van der Waals surface area contributed by atoms with Gasteiger partial charge in [-0.05, 0) is 18.6 Å². The third-order valence-electron chi connectivity index (χ3n) is 1.99. The van der Waals surface area contributed by atoms with Crippen LogP contribution in [0.5, 0.6) is 11.5 Å². The number of hydrogen-bond acceptors (Lipinski definition) is 4. The van der Waals surface area contributed by atoms with Crippen molar-refractivity contribution in [3.05, 3.63) is 18.2 Å². The first kappa shape index (κ1) is 12.9. The zero-order chi connectivity index (χ0) is 12.7. The monoisotopic (exact) mass is 233 g/mol. The summed E-state index contributed by atoms with van der Waals surface area (Å²) in [6.45, 7) is 1.99. The third-order valence-corrected chi connectivity index (χ3v) is 1.99. The summed E-state index contributed by atoms with van der Waals surface area (Å²) in [7, 11) is 0. The number of terminal acetylenes is 1. The summed E-state index contributed by atoms with van der Waals surface area (Å²) in [6, 6.07) is 5.00. The number of anilines is 1. The molecule has 1 rings (SSSR count). The summed E-state index contributed by atoms with van der Waals surface area (Å²) < 4.78 is 10.4. The van der Waals surface area contributed by atoms with E-state index < -0.39 is 0 Å². The minimum Gasteiger partial charge on any atom is -0.477 e. The fraction of sp³-hybridized carbons (Fsp3) is 0.308. The van der Waals surface area contributed by atoms with E-state index in [1.807, 2.05) is 6.92 Å². The second-order valence-corrected chi connectivity index (χ2v) is 3.39. The van der Waals surface area contributed by atoms with Crippen molar-refractivity contribution in [2.75, 3.05) is 12.3 Å². The number of rotatable bonds is 5. The molecule has 0 saturated heterocycles. The van der Waals surface area contributed by atoms with Crippen molar-refractivity contribution in [2.45, 2.75) is 19.8 Å². The Morgan fingerprint density at radius 2 is 2.29 bits per heavy atom. The van der Waals surface area contributed by atoms with E-state index in [0.29, 0.717) is 24.3 Å². The molecule has 17 heavy (non-hydrogen) atoms. The highest BCUT2D eigenvalue weighted by atomic mass is 16.6. The first-order valence-corrected chi connectivity index (χ1v) is 5.34. The van der Waals surface area contributed by atoms with Gasteiger partial charge in [-0.3, -0.25) is 4.79 Å². The molecule has 0 unspecified atom stereocenters. The summed E-state index contributed by atoms with van der Waals surface area (Å²) in [5.74, 6) is 2.62. The molecule has 4 nitrogen and oxygen atoms in total. The first-order valence-electron chi connectivity index (χ1n) is 5.34. The van der Waals surface area contributed by atoms with Crippen molar-refractivity contribution in [3.63, 3.8) is 0 Å². The second kappa shape index (κ2) is 6.44. The topological polar surface area (TPSA) is 61.6 Å².